The Hall–Kier alpha value is -4.07. The number of amides is 1. The zero-order valence-corrected chi connectivity index (χ0v) is 15.7. The summed E-state index contributed by atoms with van der Waals surface area (Å²) in [6.45, 7) is 1.59. The van der Waals surface area contributed by atoms with E-state index in [1.807, 2.05) is 0 Å². The smallest absolute Gasteiger partial charge is 0.273 e. The third-order valence-electron chi connectivity index (χ3n) is 4.64. The van der Waals surface area contributed by atoms with Crippen molar-refractivity contribution in [3.8, 4) is 11.4 Å². The van der Waals surface area contributed by atoms with E-state index in [1.54, 1.807) is 6.92 Å². The molecular weight excluding hydrogens is 392 g/mol. The maximum Gasteiger partial charge on any atom is 0.273 e. The van der Waals surface area contributed by atoms with Gasteiger partial charge < -0.3 is 10.4 Å². The van der Waals surface area contributed by atoms with Gasteiger partial charge in [0.05, 0.1) is 11.1 Å². The van der Waals surface area contributed by atoms with E-state index in [2.05, 4.69) is 10.3 Å². The second-order valence-corrected chi connectivity index (χ2v) is 6.63. The summed E-state index contributed by atoms with van der Waals surface area (Å²) >= 11 is 0. The molecule has 0 saturated heterocycles. The average molecular weight is 407 g/mol. The number of pyridine rings is 2. The third-order valence-corrected chi connectivity index (χ3v) is 4.64. The molecule has 0 fully saturated rings. The largest absolute Gasteiger partial charge is 0.506 e. The van der Waals surface area contributed by atoms with E-state index < -0.39 is 34.4 Å². The Bertz CT molecular complexity index is 1370. The molecule has 0 radical (unpaired) electrons. The standard InChI is InChI=1S/C22H15F2N3O3/c1-12-10-14(24)7-8-17(12)26-21(29)18-19(28)16-6-3-9-25-20(16)27(22(18)30)15-5-2-4-13(23)11-15/h2-11,28H,1H3,(H,26,29). The van der Waals surface area contributed by atoms with Crippen molar-refractivity contribution in [2.75, 3.05) is 5.32 Å². The molecule has 4 aromatic rings. The van der Waals surface area contributed by atoms with Gasteiger partial charge in [-0.2, -0.15) is 0 Å². The van der Waals surface area contributed by atoms with Crippen LogP contribution in [0.1, 0.15) is 15.9 Å². The molecular formula is C22H15F2N3O3. The molecule has 30 heavy (non-hydrogen) atoms. The molecule has 6 nitrogen and oxygen atoms in total. The number of hydrogen-bond acceptors (Lipinski definition) is 4. The number of aryl methyl sites for hydroxylation is 1. The lowest BCUT2D eigenvalue weighted by Gasteiger charge is -2.15. The Morgan fingerprint density at radius 3 is 2.57 bits per heavy atom. The number of carbonyl (C=O) groups excluding carboxylic acids is 1. The Morgan fingerprint density at radius 1 is 1.07 bits per heavy atom. The van der Waals surface area contributed by atoms with Crippen molar-refractivity contribution in [1.82, 2.24) is 9.55 Å². The number of anilines is 1. The first-order valence-electron chi connectivity index (χ1n) is 8.93. The van der Waals surface area contributed by atoms with Crippen LogP contribution in [-0.2, 0) is 0 Å². The second-order valence-electron chi connectivity index (χ2n) is 6.63. The minimum Gasteiger partial charge on any atom is -0.506 e. The predicted molar refractivity (Wildman–Crippen MR) is 108 cm³/mol. The number of rotatable bonds is 3. The van der Waals surface area contributed by atoms with Crippen LogP contribution in [-0.4, -0.2) is 20.6 Å². The van der Waals surface area contributed by atoms with Crippen LogP contribution in [0.3, 0.4) is 0 Å². The molecule has 0 atom stereocenters. The van der Waals surface area contributed by atoms with Crippen molar-refractivity contribution in [3.05, 3.63) is 93.9 Å². The molecule has 0 aliphatic heterocycles. The summed E-state index contributed by atoms with van der Waals surface area (Å²) in [5.74, 6) is -2.49. The van der Waals surface area contributed by atoms with Gasteiger partial charge >= 0.3 is 0 Å². The fraction of sp³-hybridized carbons (Fsp3) is 0.0455. The van der Waals surface area contributed by atoms with Crippen LogP contribution in [0.5, 0.6) is 5.75 Å². The molecule has 8 heteroatoms. The fourth-order valence-corrected chi connectivity index (χ4v) is 3.22. The van der Waals surface area contributed by atoms with Crippen molar-refractivity contribution in [2.45, 2.75) is 6.92 Å². The van der Waals surface area contributed by atoms with Crippen molar-refractivity contribution >= 4 is 22.6 Å². The lowest BCUT2D eigenvalue weighted by Crippen LogP contribution is -2.29. The van der Waals surface area contributed by atoms with Gasteiger partial charge in [-0.1, -0.05) is 6.07 Å². The second kappa shape index (κ2) is 7.40. The number of hydrogen-bond donors (Lipinski definition) is 2. The molecule has 1 amide bonds. The maximum absolute atomic E-state index is 13.8. The minimum atomic E-state index is -0.886. The van der Waals surface area contributed by atoms with Crippen molar-refractivity contribution in [3.63, 3.8) is 0 Å². The van der Waals surface area contributed by atoms with Gasteiger partial charge in [0.1, 0.15) is 22.9 Å². The quantitative estimate of drug-likeness (QED) is 0.539. The Labute approximate surface area is 169 Å². The van der Waals surface area contributed by atoms with Gasteiger partial charge in [0.2, 0.25) is 0 Å². The summed E-state index contributed by atoms with van der Waals surface area (Å²) in [6, 6.07) is 12.0. The Kier molecular flexibility index (Phi) is 4.75. The first-order valence-corrected chi connectivity index (χ1v) is 8.93. The Morgan fingerprint density at radius 2 is 1.83 bits per heavy atom. The summed E-state index contributed by atoms with van der Waals surface area (Å²) in [6.07, 6.45) is 1.42. The van der Waals surface area contributed by atoms with Crippen molar-refractivity contribution in [1.29, 1.82) is 0 Å². The van der Waals surface area contributed by atoms with Crippen LogP contribution in [0, 0.1) is 18.6 Å². The molecule has 0 bridgehead atoms. The van der Waals surface area contributed by atoms with E-state index in [0.717, 1.165) is 16.7 Å². The molecule has 0 spiro atoms. The van der Waals surface area contributed by atoms with E-state index in [9.17, 15) is 23.5 Å². The normalized spacial score (nSPS) is 10.9. The van der Waals surface area contributed by atoms with E-state index in [1.165, 1.54) is 48.7 Å². The number of fused-ring (bicyclic) bond motifs is 1. The van der Waals surface area contributed by atoms with Gasteiger partial charge in [0.25, 0.3) is 11.5 Å². The SMILES string of the molecule is Cc1cc(F)ccc1NC(=O)c1c(O)c2cccnc2n(-c2cccc(F)c2)c1=O. The Balaban J connectivity index is 1.94. The zero-order valence-electron chi connectivity index (χ0n) is 15.7. The van der Waals surface area contributed by atoms with E-state index >= 15 is 0 Å². The van der Waals surface area contributed by atoms with E-state index in [0.29, 0.717) is 5.56 Å². The highest BCUT2D eigenvalue weighted by Gasteiger charge is 2.24. The molecule has 0 saturated carbocycles. The average Bonchev–Trinajstić information content (AvgIpc) is 2.70. The van der Waals surface area contributed by atoms with Gasteiger partial charge in [0, 0.05) is 11.9 Å². The highest BCUT2D eigenvalue weighted by atomic mass is 19.1. The van der Waals surface area contributed by atoms with E-state index in [-0.39, 0.29) is 22.4 Å². The highest BCUT2D eigenvalue weighted by Crippen LogP contribution is 2.28. The topological polar surface area (TPSA) is 84.2 Å². The number of halogens is 2. The first kappa shape index (κ1) is 19.3. The van der Waals surface area contributed by atoms with Crippen molar-refractivity contribution in [2.24, 2.45) is 0 Å². The maximum atomic E-state index is 13.8. The van der Waals surface area contributed by atoms with Gasteiger partial charge in [0.15, 0.2) is 5.65 Å². The summed E-state index contributed by atoms with van der Waals surface area (Å²) in [5, 5.41) is 13.3. The van der Waals surface area contributed by atoms with Crippen LogP contribution in [0.25, 0.3) is 16.7 Å². The van der Waals surface area contributed by atoms with Crippen LogP contribution < -0.4 is 10.9 Å². The van der Waals surface area contributed by atoms with Gasteiger partial charge in [-0.05, 0) is 61.0 Å². The summed E-state index contributed by atoms with van der Waals surface area (Å²) < 4.78 is 28.2. The molecule has 2 heterocycles. The predicted octanol–water partition coefficient (Wildman–Crippen LogP) is 3.93. The van der Waals surface area contributed by atoms with Gasteiger partial charge in [-0.25, -0.2) is 13.8 Å². The molecule has 0 unspecified atom stereocenters. The van der Waals surface area contributed by atoms with Crippen LogP contribution in [0.2, 0.25) is 0 Å². The summed E-state index contributed by atoms with van der Waals surface area (Å²) in [7, 11) is 0. The molecule has 2 aromatic heterocycles. The van der Waals surface area contributed by atoms with E-state index in [4.69, 9.17) is 0 Å². The number of aromatic nitrogens is 2. The lowest BCUT2D eigenvalue weighted by molar-refractivity contribution is 0.102. The number of carbonyl (C=O) groups is 1. The monoisotopic (exact) mass is 407 g/mol. The van der Waals surface area contributed by atoms with Crippen molar-refractivity contribution < 1.29 is 18.7 Å². The molecule has 4 rings (SSSR count). The summed E-state index contributed by atoms with van der Waals surface area (Å²) in [5.41, 5.74) is -0.472. The number of nitrogens with one attached hydrogen (secondary N) is 1. The lowest BCUT2D eigenvalue weighted by atomic mass is 10.1. The highest BCUT2D eigenvalue weighted by molar-refractivity contribution is 6.09. The molecule has 0 aliphatic rings. The third kappa shape index (κ3) is 3.28. The number of nitrogens with zero attached hydrogens (tertiary/aromatic N) is 2. The number of aromatic hydroxyl groups is 1. The summed E-state index contributed by atoms with van der Waals surface area (Å²) in [4.78, 5) is 30.2. The fourth-order valence-electron chi connectivity index (χ4n) is 3.22. The van der Waals surface area contributed by atoms with Gasteiger partial charge in [-0.3, -0.25) is 14.2 Å². The molecule has 0 aliphatic carbocycles. The van der Waals surface area contributed by atoms with Crippen LogP contribution >= 0.6 is 0 Å². The molecule has 2 N–H and O–H groups in total. The molecule has 150 valence electrons. The number of benzene rings is 2. The van der Waals surface area contributed by atoms with Crippen LogP contribution in [0.4, 0.5) is 14.5 Å². The first-order chi connectivity index (χ1) is 14.4. The zero-order chi connectivity index (χ0) is 21.4. The minimum absolute atomic E-state index is 0.0695. The molecule has 2 aromatic carbocycles. The van der Waals surface area contributed by atoms with Crippen LogP contribution in [0.15, 0.2) is 65.6 Å². The van der Waals surface area contributed by atoms with Gasteiger partial charge in [-0.15, -0.1) is 0 Å².